The fourth-order valence-electron chi connectivity index (χ4n) is 1.95. The lowest BCUT2D eigenvalue weighted by Gasteiger charge is -2.19. The van der Waals surface area contributed by atoms with Crippen molar-refractivity contribution in [2.75, 3.05) is 25.8 Å². The molecule has 0 aliphatic heterocycles. The first-order valence-corrected chi connectivity index (χ1v) is 8.23. The summed E-state index contributed by atoms with van der Waals surface area (Å²) in [6.45, 7) is 0.947. The molecule has 118 valence electrons. The van der Waals surface area contributed by atoms with E-state index in [2.05, 4.69) is 15.0 Å². The van der Waals surface area contributed by atoms with Gasteiger partial charge in [-0.05, 0) is 0 Å². The number of fused-ring (bicyclic) bond motifs is 1. The quantitative estimate of drug-likeness (QED) is 0.439. The van der Waals surface area contributed by atoms with E-state index in [1.54, 1.807) is 9.47 Å². The van der Waals surface area contributed by atoms with Crippen LogP contribution in [-0.4, -0.2) is 60.0 Å². The minimum absolute atomic E-state index is 0.0562. The first-order valence-electron chi connectivity index (χ1n) is 6.43. The van der Waals surface area contributed by atoms with E-state index in [0.29, 0.717) is 18.7 Å². The van der Waals surface area contributed by atoms with E-state index in [-0.39, 0.29) is 30.3 Å². The summed E-state index contributed by atoms with van der Waals surface area (Å²) in [6, 6.07) is 1.96. The maximum absolute atomic E-state index is 11.5. The predicted octanol–water partition coefficient (Wildman–Crippen LogP) is -0.877. The van der Waals surface area contributed by atoms with E-state index in [9.17, 15) is 9.36 Å². The van der Waals surface area contributed by atoms with Gasteiger partial charge in [-0.15, -0.1) is 0 Å². The van der Waals surface area contributed by atoms with E-state index in [1.165, 1.54) is 12.7 Å². The number of H-pyrrole nitrogens is 1. The summed E-state index contributed by atoms with van der Waals surface area (Å²) < 4.78 is 12.6. The predicted molar refractivity (Wildman–Crippen MR) is 77.1 cm³/mol. The first kappa shape index (κ1) is 16.3. The van der Waals surface area contributed by atoms with Gasteiger partial charge in [0.05, 0.1) is 31.4 Å². The highest BCUT2D eigenvalue weighted by Gasteiger charge is 2.16. The molecular formula is C11H15N6O4P. The van der Waals surface area contributed by atoms with Gasteiger partial charge in [0, 0.05) is 19.6 Å². The Balaban J connectivity index is 2.05. The lowest BCUT2D eigenvalue weighted by molar-refractivity contribution is 0.297. The average molecular weight is 326 g/mol. The molecule has 0 amide bonds. The molecule has 0 radical (unpaired) electrons. The fourth-order valence-corrected chi connectivity index (χ4v) is 2.49. The van der Waals surface area contributed by atoms with Gasteiger partial charge < -0.3 is 19.3 Å². The highest BCUT2D eigenvalue weighted by Crippen LogP contribution is 2.33. The van der Waals surface area contributed by atoms with Crippen molar-refractivity contribution in [1.29, 1.82) is 5.26 Å². The number of hydrogen-bond acceptors (Lipinski definition) is 6. The molecule has 0 saturated heterocycles. The number of nitrogens with one attached hydrogen (secondary N) is 1. The third-order valence-corrected chi connectivity index (χ3v) is 3.85. The summed E-state index contributed by atoms with van der Waals surface area (Å²) in [6.07, 6.45) is 2.45. The average Bonchev–Trinajstić information content (AvgIpc) is 2.86. The Kier molecular flexibility index (Phi) is 5.05. The van der Waals surface area contributed by atoms with Gasteiger partial charge in [0.25, 0.3) is 5.56 Å². The SMILES string of the molecule is N#CCN(CCn1cnc2c(=O)[nH]cnc21)CCP(=O)(O)O. The van der Waals surface area contributed by atoms with Crippen molar-refractivity contribution in [3.8, 4) is 6.07 Å². The number of aromatic nitrogens is 4. The molecule has 22 heavy (non-hydrogen) atoms. The van der Waals surface area contributed by atoms with Crippen molar-refractivity contribution < 1.29 is 14.4 Å². The zero-order valence-corrected chi connectivity index (χ0v) is 12.5. The smallest absolute Gasteiger partial charge is 0.324 e. The summed E-state index contributed by atoms with van der Waals surface area (Å²) in [5.41, 5.74) is 0.319. The summed E-state index contributed by atoms with van der Waals surface area (Å²) >= 11 is 0. The Morgan fingerprint density at radius 1 is 1.41 bits per heavy atom. The maximum Gasteiger partial charge on any atom is 0.326 e. The van der Waals surface area contributed by atoms with Crippen molar-refractivity contribution in [3.05, 3.63) is 23.0 Å². The van der Waals surface area contributed by atoms with Crippen LogP contribution in [0.15, 0.2) is 17.4 Å². The van der Waals surface area contributed by atoms with Crippen LogP contribution in [0.1, 0.15) is 0 Å². The molecule has 2 rings (SSSR count). The molecule has 0 atom stereocenters. The molecule has 0 saturated carbocycles. The Hall–Kier alpha value is -2.05. The third-order valence-electron chi connectivity index (χ3n) is 3.07. The van der Waals surface area contributed by atoms with Crippen LogP contribution in [-0.2, 0) is 11.1 Å². The van der Waals surface area contributed by atoms with Crippen molar-refractivity contribution in [3.63, 3.8) is 0 Å². The Bertz CT molecular complexity index is 788. The molecule has 2 aromatic rings. The van der Waals surface area contributed by atoms with Crippen LogP contribution in [0, 0.1) is 11.3 Å². The molecule has 0 aromatic carbocycles. The van der Waals surface area contributed by atoms with Gasteiger partial charge in [-0.3, -0.25) is 14.3 Å². The van der Waals surface area contributed by atoms with Crippen LogP contribution >= 0.6 is 7.60 Å². The molecule has 0 spiro atoms. The van der Waals surface area contributed by atoms with Crippen molar-refractivity contribution in [2.45, 2.75) is 6.54 Å². The topological polar surface area (TPSA) is 148 Å². The zero-order chi connectivity index (χ0) is 16.2. The van der Waals surface area contributed by atoms with Gasteiger partial charge in [-0.25, -0.2) is 9.97 Å². The molecule has 0 bridgehead atoms. The molecule has 11 heteroatoms. The largest absolute Gasteiger partial charge is 0.326 e. The zero-order valence-electron chi connectivity index (χ0n) is 11.6. The molecule has 0 aliphatic rings. The van der Waals surface area contributed by atoms with E-state index < -0.39 is 7.60 Å². The molecular weight excluding hydrogens is 311 g/mol. The van der Waals surface area contributed by atoms with E-state index in [0.717, 1.165) is 0 Å². The second-order valence-electron chi connectivity index (χ2n) is 4.66. The Labute approximate surface area is 125 Å². The summed E-state index contributed by atoms with van der Waals surface area (Å²) in [4.78, 5) is 41.4. The number of imidazole rings is 1. The third kappa shape index (κ3) is 4.22. The minimum Gasteiger partial charge on any atom is -0.324 e. The van der Waals surface area contributed by atoms with Gasteiger partial charge in [-0.2, -0.15) is 5.26 Å². The van der Waals surface area contributed by atoms with Gasteiger partial charge >= 0.3 is 7.60 Å². The van der Waals surface area contributed by atoms with Gasteiger partial charge in [-0.1, -0.05) is 0 Å². The number of nitrogens with zero attached hydrogens (tertiary/aromatic N) is 5. The molecule has 10 nitrogen and oxygen atoms in total. The Morgan fingerprint density at radius 2 is 2.18 bits per heavy atom. The number of aromatic amines is 1. The lowest BCUT2D eigenvalue weighted by atomic mass is 10.4. The van der Waals surface area contributed by atoms with Gasteiger partial charge in [0.2, 0.25) is 0 Å². The fraction of sp³-hybridized carbons (Fsp3) is 0.455. The summed E-state index contributed by atoms with van der Waals surface area (Å²) in [5, 5.41) is 8.77. The van der Waals surface area contributed by atoms with E-state index >= 15 is 0 Å². The highest BCUT2D eigenvalue weighted by atomic mass is 31.2. The number of nitriles is 1. The van der Waals surface area contributed by atoms with Crippen LogP contribution in [0.5, 0.6) is 0 Å². The van der Waals surface area contributed by atoms with Crippen molar-refractivity contribution in [1.82, 2.24) is 24.4 Å². The summed E-state index contributed by atoms with van der Waals surface area (Å²) in [5.74, 6) is 0. The van der Waals surface area contributed by atoms with Gasteiger partial charge in [0.15, 0.2) is 11.2 Å². The molecule has 2 aromatic heterocycles. The monoisotopic (exact) mass is 326 g/mol. The van der Waals surface area contributed by atoms with Crippen molar-refractivity contribution in [2.24, 2.45) is 0 Å². The van der Waals surface area contributed by atoms with Crippen molar-refractivity contribution >= 4 is 18.8 Å². The summed E-state index contributed by atoms with van der Waals surface area (Å²) in [7, 11) is -4.10. The van der Waals surface area contributed by atoms with E-state index in [4.69, 9.17) is 15.0 Å². The van der Waals surface area contributed by atoms with Crippen LogP contribution in [0.25, 0.3) is 11.2 Å². The molecule has 2 heterocycles. The Morgan fingerprint density at radius 3 is 2.86 bits per heavy atom. The van der Waals surface area contributed by atoms with Gasteiger partial charge in [0.1, 0.15) is 0 Å². The minimum atomic E-state index is -4.10. The number of rotatable bonds is 7. The normalized spacial score (nSPS) is 11.9. The highest BCUT2D eigenvalue weighted by molar-refractivity contribution is 7.51. The van der Waals surface area contributed by atoms with Crippen LogP contribution in [0.2, 0.25) is 0 Å². The first-order chi connectivity index (χ1) is 10.4. The second kappa shape index (κ2) is 6.81. The van der Waals surface area contributed by atoms with E-state index in [1.807, 2.05) is 6.07 Å². The van der Waals surface area contributed by atoms with Crippen LogP contribution < -0.4 is 5.56 Å². The standard InChI is InChI=1S/C11H15N6O4P/c12-1-2-16(5-6-22(19,20)21)3-4-17-8-15-9-10(17)13-7-14-11(9)18/h7-8H,2-6H2,(H,13,14,18)(H2,19,20,21). The molecule has 0 fully saturated rings. The second-order valence-corrected chi connectivity index (χ2v) is 6.44. The molecule has 0 unspecified atom stereocenters. The number of hydrogen-bond donors (Lipinski definition) is 3. The van der Waals surface area contributed by atoms with Crippen LogP contribution in [0.4, 0.5) is 0 Å². The maximum atomic E-state index is 11.5. The van der Waals surface area contributed by atoms with Crippen LogP contribution in [0.3, 0.4) is 0 Å². The molecule has 3 N–H and O–H groups in total. The molecule has 0 aliphatic carbocycles. The lowest BCUT2D eigenvalue weighted by Crippen LogP contribution is -2.30.